The highest BCUT2D eigenvalue weighted by Crippen LogP contribution is 2.25. The minimum absolute atomic E-state index is 0.561. The Bertz CT molecular complexity index is 345. The van der Waals surface area contributed by atoms with Crippen LogP contribution in [0.1, 0.15) is 26.5 Å². The number of aromatic nitrogens is 1. The highest BCUT2D eigenvalue weighted by atomic mass is 16.5. The van der Waals surface area contributed by atoms with Crippen LogP contribution in [0.2, 0.25) is 0 Å². The van der Waals surface area contributed by atoms with Gasteiger partial charge in [-0.05, 0) is 25.3 Å². The number of methoxy groups -OCH3 is 1. The smallest absolute Gasteiger partial charge is 0.213 e. The number of hydrogen-bond donors (Lipinski definition) is 0. The molecule has 0 fully saturated rings. The lowest BCUT2D eigenvalue weighted by Gasteiger charge is -2.05. The molecule has 0 saturated carbocycles. The highest BCUT2D eigenvalue weighted by Gasteiger charge is 2.04. The highest BCUT2D eigenvalue weighted by molar-refractivity contribution is 5.70. The number of aliphatic imine (C=N–C) groups is 1. The van der Waals surface area contributed by atoms with Crippen molar-refractivity contribution in [2.24, 2.45) is 4.99 Å². The van der Waals surface area contributed by atoms with E-state index in [9.17, 15) is 0 Å². The number of pyridine rings is 1. The van der Waals surface area contributed by atoms with Gasteiger partial charge in [0.1, 0.15) is 0 Å². The fourth-order valence-electron chi connectivity index (χ4n) is 0.989. The van der Waals surface area contributed by atoms with E-state index in [0.29, 0.717) is 5.88 Å². The molecule has 1 heterocycles. The topological polar surface area (TPSA) is 34.5 Å². The predicted octanol–water partition coefficient (Wildman–Crippen LogP) is 3.48. The van der Waals surface area contributed by atoms with E-state index in [1.165, 1.54) is 0 Å². The number of rotatable bonds is 3. The van der Waals surface area contributed by atoms with Crippen molar-refractivity contribution in [3.05, 3.63) is 24.4 Å². The molecule has 0 aliphatic carbocycles. The van der Waals surface area contributed by atoms with Crippen LogP contribution in [0.3, 0.4) is 0 Å². The Balaban J connectivity index is 0.000000921. The van der Waals surface area contributed by atoms with Crippen LogP contribution in [-0.4, -0.2) is 18.8 Å². The van der Waals surface area contributed by atoms with E-state index >= 15 is 0 Å². The monoisotopic (exact) mass is 206 g/mol. The van der Waals surface area contributed by atoms with Crippen LogP contribution in [0.5, 0.6) is 5.88 Å². The molecule has 3 heteroatoms. The van der Waals surface area contributed by atoms with Gasteiger partial charge >= 0.3 is 0 Å². The first-order chi connectivity index (χ1) is 7.19. The summed E-state index contributed by atoms with van der Waals surface area (Å²) >= 11 is 0. The lowest BCUT2D eigenvalue weighted by Crippen LogP contribution is -1.91. The second kappa shape index (κ2) is 6.76. The van der Waals surface area contributed by atoms with Gasteiger partial charge in [-0.1, -0.05) is 20.4 Å². The van der Waals surface area contributed by atoms with Crippen LogP contribution in [0.15, 0.2) is 23.7 Å². The fourth-order valence-corrected chi connectivity index (χ4v) is 0.989. The van der Waals surface area contributed by atoms with Crippen LogP contribution in [0.4, 0.5) is 5.69 Å². The molecule has 1 aromatic heterocycles. The Morgan fingerprint density at radius 2 is 2.00 bits per heavy atom. The third-order valence-corrected chi connectivity index (χ3v) is 1.63. The van der Waals surface area contributed by atoms with Crippen molar-refractivity contribution in [1.82, 2.24) is 4.98 Å². The Morgan fingerprint density at radius 3 is 2.40 bits per heavy atom. The van der Waals surface area contributed by atoms with Gasteiger partial charge in [-0.2, -0.15) is 0 Å². The molecule has 3 nitrogen and oxygen atoms in total. The summed E-state index contributed by atoms with van der Waals surface area (Å²) in [6.45, 7) is 13.1. The van der Waals surface area contributed by atoms with Gasteiger partial charge in [-0.3, -0.25) is 4.99 Å². The maximum atomic E-state index is 4.99. The summed E-state index contributed by atoms with van der Waals surface area (Å²) in [6, 6.07) is 3.55. The molecule has 0 bridgehead atoms. The molecule has 1 rings (SSSR count). The van der Waals surface area contributed by atoms with E-state index in [1.807, 2.05) is 26.8 Å². The molecule has 0 aromatic carbocycles. The molecule has 82 valence electrons. The molecule has 15 heavy (non-hydrogen) atoms. The van der Waals surface area contributed by atoms with Crippen molar-refractivity contribution in [3.63, 3.8) is 0 Å². The quantitative estimate of drug-likeness (QED) is 0.709. The van der Waals surface area contributed by atoms with Crippen molar-refractivity contribution in [2.75, 3.05) is 7.11 Å². The molecule has 0 aliphatic heterocycles. The molecule has 0 radical (unpaired) electrons. The minimum Gasteiger partial charge on any atom is -0.481 e. The van der Waals surface area contributed by atoms with Crippen LogP contribution < -0.4 is 4.74 Å². The summed E-state index contributed by atoms with van der Waals surface area (Å²) in [6.07, 6.45) is 0. The minimum atomic E-state index is 0.561. The van der Waals surface area contributed by atoms with Gasteiger partial charge in [0.05, 0.1) is 18.5 Å². The standard InChI is InChI=1S/C10H12N2O.C2H6/c1-7(2)10-8(11-3)5-6-9(12-10)13-4;1-2/h5-6H,1,3H2,2,4H3;1-2H3. The van der Waals surface area contributed by atoms with Crippen LogP contribution >= 0.6 is 0 Å². The summed E-state index contributed by atoms with van der Waals surface area (Å²) in [4.78, 5) is 8.04. The molecular formula is C12H18N2O. The maximum absolute atomic E-state index is 4.99. The molecule has 0 spiro atoms. The molecule has 0 aliphatic rings. The number of ether oxygens (including phenoxy) is 1. The molecular weight excluding hydrogens is 188 g/mol. The Kier molecular flexibility index (Phi) is 6.02. The van der Waals surface area contributed by atoms with Gasteiger partial charge < -0.3 is 4.74 Å². The van der Waals surface area contributed by atoms with Gasteiger partial charge in [-0.15, -0.1) is 0 Å². The molecule has 1 aromatic rings. The summed E-state index contributed by atoms with van der Waals surface area (Å²) in [7, 11) is 1.57. The van der Waals surface area contributed by atoms with E-state index in [1.54, 1.807) is 13.2 Å². The summed E-state index contributed by atoms with van der Waals surface area (Å²) < 4.78 is 4.99. The van der Waals surface area contributed by atoms with Crippen LogP contribution in [0.25, 0.3) is 5.57 Å². The first-order valence-corrected chi connectivity index (χ1v) is 4.86. The van der Waals surface area contributed by atoms with Gasteiger partial charge in [0.25, 0.3) is 0 Å². The number of hydrogen-bond acceptors (Lipinski definition) is 3. The van der Waals surface area contributed by atoms with Gasteiger partial charge in [0, 0.05) is 6.07 Å². The molecule has 0 amide bonds. The zero-order valence-corrected chi connectivity index (χ0v) is 9.87. The van der Waals surface area contributed by atoms with E-state index in [-0.39, 0.29) is 0 Å². The van der Waals surface area contributed by atoms with Crippen LogP contribution in [-0.2, 0) is 0 Å². The van der Waals surface area contributed by atoms with Crippen molar-refractivity contribution in [3.8, 4) is 5.88 Å². The lowest BCUT2D eigenvalue weighted by molar-refractivity contribution is 0.397. The van der Waals surface area contributed by atoms with E-state index in [0.717, 1.165) is 17.0 Å². The number of allylic oxidation sites excluding steroid dienone is 1. The van der Waals surface area contributed by atoms with Crippen molar-refractivity contribution in [2.45, 2.75) is 20.8 Å². The largest absolute Gasteiger partial charge is 0.481 e. The zero-order valence-electron chi connectivity index (χ0n) is 9.87. The SMILES string of the molecule is C=Nc1ccc(OC)nc1C(=C)C.CC. The van der Waals surface area contributed by atoms with E-state index < -0.39 is 0 Å². The molecule has 0 atom stereocenters. The van der Waals surface area contributed by atoms with Gasteiger partial charge in [0.15, 0.2) is 0 Å². The van der Waals surface area contributed by atoms with Gasteiger partial charge in [-0.25, -0.2) is 4.98 Å². The Labute approximate surface area is 91.5 Å². The Hall–Kier alpha value is -1.64. The average molecular weight is 206 g/mol. The second-order valence-electron chi connectivity index (χ2n) is 2.66. The third-order valence-electron chi connectivity index (χ3n) is 1.63. The van der Waals surface area contributed by atoms with Crippen LogP contribution in [0, 0.1) is 0 Å². The summed E-state index contributed by atoms with van der Waals surface area (Å²) in [5.74, 6) is 0.561. The first-order valence-electron chi connectivity index (χ1n) is 4.86. The lowest BCUT2D eigenvalue weighted by atomic mass is 10.2. The first kappa shape index (κ1) is 13.4. The third kappa shape index (κ3) is 3.54. The van der Waals surface area contributed by atoms with Crippen molar-refractivity contribution in [1.29, 1.82) is 0 Å². The molecule has 0 N–H and O–H groups in total. The fraction of sp³-hybridized carbons (Fsp3) is 0.333. The second-order valence-corrected chi connectivity index (χ2v) is 2.66. The summed E-state index contributed by atoms with van der Waals surface area (Å²) in [5, 5.41) is 0. The number of nitrogens with zero attached hydrogens (tertiary/aromatic N) is 2. The average Bonchev–Trinajstić information content (AvgIpc) is 2.30. The predicted molar refractivity (Wildman–Crippen MR) is 66.1 cm³/mol. The van der Waals surface area contributed by atoms with Gasteiger partial charge in [0.2, 0.25) is 5.88 Å². The van der Waals surface area contributed by atoms with Crippen molar-refractivity contribution < 1.29 is 4.74 Å². The van der Waals surface area contributed by atoms with Crippen molar-refractivity contribution >= 4 is 18.0 Å². The maximum Gasteiger partial charge on any atom is 0.213 e. The summed E-state index contributed by atoms with van der Waals surface area (Å²) in [5.41, 5.74) is 2.31. The molecule has 0 unspecified atom stereocenters. The Morgan fingerprint density at radius 1 is 1.40 bits per heavy atom. The normalized spacial score (nSPS) is 8.53. The van der Waals surface area contributed by atoms with E-state index in [4.69, 9.17) is 4.74 Å². The zero-order chi connectivity index (χ0) is 11.8. The molecule has 0 saturated heterocycles. The van der Waals surface area contributed by atoms with E-state index in [2.05, 4.69) is 23.3 Å².